The van der Waals surface area contributed by atoms with Gasteiger partial charge in [0.15, 0.2) is 4.34 Å². The molecule has 0 amide bonds. The van der Waals surface area contributed by atoms with Crippen LogP contribution in [0.5, 0.6) is 0 Å². The van der Waals surface area contributed by atoms with Crippen molar-refractivity contribution in [2.24, 2.45) is 0 Å². The molecule has 1 aromatic carbocycles. The Hall–Kier alpha value is -2.26. The van der Waals surface area contributed by atoms with Crippen LogP contribution in [0.1, 0.15) is 5.69 Å². The van der Waals surface area contributed by atoms with Crippen LogP contribution in [-0.4, -0.2) is 30.0 Å². The third-order valence-corrected chi connectivity index (χ3v) is 5.07. The van der Waals surface area contributed by atoms with Crippen molar-refractivity contribution < 1.29 is 0 Å². The summed E-state index contributed by atoms with van der Waals surface area (Å²) < 4.78 is 3.31. The topological polar surface area (TPSA) is 88.8 Å². The van der Waals surface area contributed by atoms with Gasteiger partial charge in [0.05, 0.1) is 15.9 Å². The maximum Gasteiger partial charge on any atom is 0.275 e. The lowest BCUT2D eigenvalue weighted by Gasteiger charge is -1.97. The molecule has 1 N–H and O–H groups in total. The molecule has 0 fully saturated rings. The highest BCUT2D eigenvalue weighted by Gasteiger charge is 2.08. The number of hydrogen-bond acceptors (Lipinski definition) is 7. The van der Waals surface area contributed by atoms with Gasteiger partial charge in [-0.25, -0.2) is 9.97 Å². The number of fused-ring (bicyclic) bond motifs is 2. The zero-order valence-electron chi connectivity index (χ0n) is 10.6. The predicted molar refractivity (Wildman–Crippen MR) is 80.6 cm³/mol. The molecule has 4 aromatic rings. The van der Waals surface area contributed by atoms with Gasteiger partial charge in [0.1, 0.15) is 0 Å². The van der Waals surface area contributed by atoms with Crippen LogP contribution in [0, 0.1) is 0 Å². The molecule has 0 bridgehead atoms. The first-order chi connectivity index (χ1) is 10.3. The zero-order chi connectivity index (χ0) is 14.2. The van der Waals surface area contributed by atoms with Gasteiger partial charge in [0.25, 0.3) is 11.3 Å². The Morgan fingerprint density at radius 2 is 2.19 bits per heavy atom. The minimum Gasteiger partial charge on any atom is -0.267 e. The number of nitrogens with zero attached hydrogens (tertiary/aromatic N) is 5. The normalized spacial score (nSPS) is 11.4. The van der Waals surface area contributed by atoms with E-state index in [4.69, 9.17) is 0 Å². The van der Waals surface area contributed by atoms with E-state index in [0.29, 0.717) is 11.4 Å². The second-order valence-electron chi connectivity index (χ2n) is 4.26. The molecule has 3 aromatic heterocycles. The molecule has 3 heterocycles. The van der Waals surface area contributed by atoms with E-state index in [1.54, 1.807) is 23.1 Å². The predicted octanol–water partition coefficient (Wildman–Crippen LogP) is 1.71. The van der Waals surface area contributed by atoms with Crippen molar-refractivity contribution in [2.75, 3.05) is 0 Å². The van der Waals surface area contributed by atoms with Gasteiger partial charge in [-0.3, -0.25) is 4.79 Å². The molecular weight excluding hydrogens is 308 g/mol. The van der Waals surface area contributed by atoms with Gasteiger partial charge in [-0.15, -0.1) is 11.3 Å². The lowest BCUT2D eigenvalue weighted by molar-refractivity contribution is 0.798. The average molecular weight is 316 g/mol. The fraction of sp³-hybridized carbons (Fsp3) is 0.0833. The standard InChI is InChI=1S/C12H8N6OS2/c19-10-5-7(13-11-15-16-17-18(10)11)6-20-12-14-8-3-1-2-4-9(8)21-12/h1-5H,6H2,(H,13,15,17). The number of aromatic nitrogens is 6. The Labute approximate surface area is 126 Å². The second-order valence-corrected chi connectivity index (χ2v) is 6.51. The minimum absolute atomic E-state index is 0.218. The number of tetrazole rings is 1. The molecule has 0 radical (unpaired) electrons. The van der Waals surface area contributed by atoms with E-state index in [0.717, 1.165) is 14.6 Å². The van der Waals surface area contributed by atoms with Crippen molar-refractivity contribution in [3.8, 4) is 0 Å². The molecule has 0 unspecified atom stereocenters. The monoisotopic (exact) mass is 316 g/mol. The molecule has 104 valence electrons. The second kappa shape index (κ2) is 4.93. The van der Waals surface area contributed by atoms with E-state index in [9.17, 15) is 4.79 Å². The summed E-state index contributed by atoms with van der Waals surface area (Å²) in [6.07, 6.45) is 0. The Morgan fingerprint density at radius 3 is 3.10 bits per heavy atom. The molecule has 0 aliphatic rings. The number of hydrogen-bond donors (Lipinski definition) is 1. The van der Waals surface area contributed by atoms with E-state index >= 15 is 0 Å². The van der Waals surface area contributed by atoms with Crippen molar-refractivity contribution in [1.29, 1.82) is 0 Å². The van der Waals surface area contributed by atoms with E-state index in [1.807, 2.05) is 24.3 Å². The molecule has 0 aliphatic heterocycles. The summed E-state index contributed by atoms with van der Waals surface area (Å²) in [5.74, 6) is 0.848. The fourth-order valence-electron chi connectivity index (χ4n) is 1.91. The maximum absolute atomic E-state index is 11.8. The van der Waals surface area contributed by atoms with Gasteiger partial charge in [-0.05, 0) is 17.3 Å². The number of benzene rings is 1. The lowest BCUT2D eigenvalue weighted by Crippen LogP contribution is -2.15. The maximum atomic E-state index is 11.8. The van der Waals surface area contributed by atoms with E-state index < -0.39 is 0 Å². The van der Waals surface area contributed by atoms with Crippen LogP contribution in [0.15, 0.2) is 39.5 Å². The SMILES string of the molecule is O=c1cc(CSc2nc3ccccc3s2)nc2nn[nH]n12. The van der Waals surface area contributed by atoms with Crippen molar-refractivity contribution in [1.82, 2.24) is 30.0 Å². The minimum atomic E-state index is -0.218. The number of H-pyrrole nitrogens is 1. The lowest BCUT2D eigenvalue weighted by atomic mass is 10.3. The summed E-state index contributed by atoms with van der Waals surface area (Å²) in [6, 6.07) is 9.48. The first-order valence-electron chi connectivity index (χ1n) is 6.08. The van der Waals surface area contributed by atoms with Gasteiger partial charge < -0.3 is 0 Å². The number of thioether (sulfide) groups is 1. The first kappa shape index (κ1) is 12.5. The molecule has 0 spiro atoms. The third kappa shape index (κ3) is 2.30. The van der Waals surface area contributed by atoms with Crippen LogP contribution in [0.3, 0.4) is 0 Å². The van der Waals surface area contributed by atoms with E-state index in [2.05, 4.69) is 25.5 Å². The quantitative estimate of drug-likeness (QED) is 0.579. The van der Waals surface area contributed by atoms with Crippen LogP contribution in [0.4, 0.5) is 0 Å². The summed E-state index contributed by atoms with van der Waals surface area (Å²) in [5.41, 5.74) is 1.44. The smallest absolute Gasteiger partial charge is 0.267 e. The summed E-state index contributed by atoms with van der Waals surface area (Å²) in [7, 11) is 0. The van der Waals surface area contributed by atoms with Crippen molar-refractivity contribution in [2.45, 2.75) is 10.1 Å². The average Bonchev–Trinajstić information content (AvgIpc) is 3.11. The van der Waals surface area contributed by atoms with Gasteiger partial charge in [-0.1, -0.05) is 29.0 Å². The molecular formula is C12H8N6OS2. The van der Waals surface area contributed by atoms with Gasteiger partial charge in [0, 0.05) is 11.8 Å². The highest BCUT2D eigenvalue weighted by molar-refractivity contribution is 8.00. The number of rotatable bonds is 3. The van der Waals surface area contributed by atoms with Crippen molar-refractivity contribution in [3.05, 3.63) is 46.4 Å². The largest absolute Gasteiger partial charge is 0.275 e. The Morgan fingerprint density at radius 1 is 1.29 bits per heavy atom. The van der Waals surface area contributed by atoms with Crippen molar-refractivity contribution >= 4 is 39.1 Å². The summed E-state index contributed by atoms with van der Waals surface area (Å²) in [6.45, 7) is 0. The van der Waals surface area contributed by atoms with Crippen LogP contribution in [0.25, 0.3) is 16.0 Å². The Bertz CT molecular complexity index is 955. The summed E-state index contributed by atoms with van der Waals surface area (Å²) in [4.78, 5) is 20.6. The first-order valence-corrected chi connectivity index (χ1v) is 7.88. The van der Waals surface area contributed by atoms with E-state index in [-0.39, 0.29) is 11.3 Å². The van der Waals surface area contributed by atoms with Crippen LogP contribution < -0.4 is 5.56 Å². The highest BCUT2D eigenvalue weighted by atomic mass is 32.2. The van der Waals surface area contributed by atoms with Crippen LogP contribution >= 0.6 is 23.1 Å². The Kier molecular flexibility index (Phi) is 2.93. The van der Waals surface area contributed by atoms with E-state index in [1.165, 1.54) is 10.6 Å². The van der Waals surface area contributed by atoms with Gasteiger partial charge in [-0.2, -0.15) is 9.73 Å². The van der Waals surface area contributed by atoms with Gasteiger partial charge >= 0.3 is 0 Å². The molecule has 0 aliphatic carbocycles. The fourth-order valence-corrected chi connectivity index (χ4v) is 3.87. The summed E-state index contributed by atoms with van der Waals surface area (Å²) >= 11 is 3.19. The van der Waals surface area contributed by atoms with Crippen molar-refractivity contribution in [3.63, 3.8) is 0 Å². The molecule has 7 nitrogen and oxygen atoms in total. The van der Waals surface area contributed by atoms with Crippen LogP contribution in [0.2, 0.25) is 0 Å². The molecule has 0 saturated carbocycles. The highest BCUT2D eigenvalue weighted by Crippen LogP contribution is 2.30. The van der Waals surface area contributed by atoms with Gasteiger partial charge in [0.2, 0.25) is 0 Å². The third-order valence-electron chi connectivity index (χ3n) is 2.86. The molecule has 4 rings (SSSR count). The number of aromatic amines is 1. The number of para-hydroxylation sites is 1. The summed E-state index contributed by atoms with van der Waals surface area (Å²) in [5, 5.41) is 9.78. The molecule has 0 saturated heterocycles. The van der Waals surface area contributed by atoms with Crippen LogP contribution in [-0.2, 0) is 5.75 Å². The molecule has 0 atom stereocenters. The zero-order valence-corrected chi connectivity index (χ0v) is 12.2. The Balaban J connectivity index is 1.61. The number of thiazole rings is 1. The number of nitrogens with one attached hydrogen (secondary N) is 1. The molecule has 21 heavy (non-hydrogen) atoms. The molecule has 9 heteroatoms.